The molecule has 0 unspecified atom stereocenters. The normalized spacial score (nSPS) is 10.6. The van der Waals surface area contributed by atoms with E-state index in [1.165, 1.54) is 6.33 Å². The van der Waals surface area contributed by atoms with Crippen molar-refractivity contribution in [3.05, 3.63) is 42.7 Å². The van der Waals surface area contributed by atoms with E-state index in [4.69, 9.17) is 0 Å². The Balaban J connectivity index is 1.92. The van der Waals surface area contributed by atoms with Gasteiger partial charge in [0.15, 0.2) is 0 Å². The summed E-state index contributed by atoms with van der Waals surface area (Å²) in [6, 6.07) is 12.2. The molecule has 0 atom stereocenters. The van der Waals surface area contributed by atoms with Crippen molar-refractivity contribution < 1.29 is 4.79 Å². The van der Waals surface area contributed by atoms with Gasteiger partial charge in [-0.2, -0.15) is 0 Å². The molecule has 3 aromatic rings. The van der Waals surface area contributed by atoms with E-state index in [0.717, 1.165) is 20.7 Å². The number of nitrogens with zero attached hydrogens (tertiary/aromatic N) is 3. The molecule has 1 amide bonds. The number of hydrogen-bond acceptors (Lipinski definition) is 5. The van der Waals surface area contributed by atoms with Gasteiger partial charge in [-0.1, -0.05) is 30.3 Å². The number of fused-ring (bicyclic) bond motifs is 1. The van der Waals surface area contributed by atoms with Crippen molar-refractivity contribution in [2.75, 3.05) is 26.0 Å². The fourth-order valence-corrected chi connectivity index (χ4v) is 3.06. The third kappa shape index (κ3) is 2.92. The van der Waals surface area contributed by atoms with E-state index in [1.807, 2.05) is 18.2 Å². The van der Waals surface area contributed by atoms with Crippen LogP contribution in [-0.2, 0) is 4.79 Å². The van der Waals surface area contributed by atoms with E-state index >= 15 is 0 Å². The minimum absolute atomic E-state index is 0.00488. The number of carbonyl (C=O) groups excluding carboxylic acids is 1. The molecule has 0 fully saturated rings. The Kier molecular flexibility index (Phi) is 4.02. The van der Waals surface area contributed by atoms with Crippen LogP contribution in [0.3, 0.4) is 0 Å². The highest BCUT2D eigenvalue weighted by Crippen LogP contribution is 2.34. The fourth-order valence-electron chi connectivity index (χ4n) is 2.06. The van der Waals surface area contributed by atoms with Crippen LogP contribution in [0.1, 0.15) is 0 Å². The van der Waals surface area contributed by atoms with Gasteiger partial charge in [-0.3, -0.25) is 4.79 Å². The number of anilines is 1. The molecule has 0 saturated carbocycles. The molecule has 0 radical (unpaired) electrons. The zero-order chi connectivity index (χ0) is 15.5. The van der Waals surface area contributed by atoms with Crippen molar-refractivity contribution in [2.24, 2.45) is 0 Å². The van der Waals surface area contributed by atoms with Gasteiger partial charge in [0.2, 0.25) is 5.91 Å². The lowest BCUT2D eigenvalue weighted by molar-refractivity contribution is -0.126. The second kappa shape index (κ2) is 6.11. The van der Waals surface area contributed by atoms with Crippen LogP contribution < -0.4 is 5.32 Å². The summed E-state index contributed by atoms with van der Waals surface area (Å²) in [5, 5.41) is 4.04. The first-order valence-electron chi connectivity index (χ1n) is 6.89. The summed E-state index contributed by atoms with van der Waals surface area (Å²) < 4.78 is 0. The molecule has 0 aliphatic carbocycles. The molecule has 2 aromatic heterocycles. The highest BCUT2D eigenvalue weighted by Gasteiger charge is 2.11. The number of carbonyl (C=O) groups is 1. The Morgan fingerprint density at radius 2 is 2.00 bits per heavy atom. The Morgan fingerprint density at radius 1 is 1.23 bits per heavy atom. The van der Waals surface area contributed by atoms with Crippen molar-refractivity contribution in [1.29, 1.82) is 0 Å². The van der Waals surface area contributed by atoms with E-state index in [0.29, 0.717) is 5.82 Å². The van der Waals surface area contributed by atoms with Crippen LogP contribution in [0.2, 0.25) is 0 Å². The molecule has 5 nitrogen and oxygen atoms in total. The summed E-state index contributed by atoms with van der Waals surface area (Å²) in [6.07, 6.45) is 1.52. The van der Waals surface area contributed by atoms with Gasteiger partial charge >= 0.3 is 0 Å². The highest BCUT2D eigenvalue weighted by molar-refractivity contribution is 7.21. The summed E-state index contributed by atoms with van der Waals surface area (Å²) in [7, 11) is 3.47. The second-order valence-electron chi connectivity index (χ2n) is 5.06. The summed E-state index contributed by atoms with van der Waals surface area (Å²) >= 11 is 1.62. The van der Waals surface area contributed by atoms with E-state index in [2.05, 4.69) is 33.5 Å². The maximum Gasteiger partial charge on any atom is 0.241 e. The van der Waals surface area contributed by atoms with Crippen molar-refractivity contribution >= 4 is 33.3 Å². The monoisotopic (exact) mass is 312 g/mol. The fraction of sp³-hybridized carbons (Fsp3) is 0.188. The molecular weight excluding hydrogens is 296 g/mol. The predicted molar refractivity (Wildman–Crippen MR) is 90.0 cm³/mol. The van der Waals surface area contributed by atoms with E-state index in [9.17, 15) is 4.79 Å². The largest absolute Gasteiger partial charge is 0.360 e. The lowest BCUT2D eigenvalue weighted by Crippen LogP contribution is -2.28. The van der Waals surface area contributed by atoms with Gasteiger partial charge in [-0.05, 0) is 11.6 Å². The first kappa shape index (κ1) is 14.5. The Labute approximate surface area is 132 Å². The van der Waals surface area contributed by atoms with Gasteiger partial charge in [0.25, 0.3) is 0 Å². The molecule has 1 aromatic carbocycles. The minimum Gasteiger partial charge on any atom is -0.360 e. The predicted octanol–water partition coefficient (Wildman–Crippen LogP) is 2.86. The number of amides is 1. The maximum absolute atomic E-state index is 11.7. The van der Waals surface area contributed by atoms with Crippen molar-refractivity contribution in [1.82, 2.24) is 14.9 Å². The second-order valence-corrected chi connectivity index (χ2v) is 6.09. The Morgan fingerprint density at radius 3 is 2.73 bits per heavy atom. The molecule has 0 bridgehead atoms. The van der Waals surface area contributed by atoms with E-state index in [-0.39, 0.29) is 12.5 Å². The van der Waals surface area contributed by atoms with Crippen molar-refractivity contribution in [3.8, 4) is 10.4 Å². The molecule has 22 heavy (non-hydrogen) atoms. The Bertz CT molecular complexity index is 798. The Hall–Kier alpha value is -2.47. The third-order valence-corrected chi connectivity index (χ3v) is 4.39. The SMILES string of the molecule is CN(C)C(=O)CNc1ncnc2sc(-c3ccccc3)cc12. The molecule has 2 heterocycles. The first-order valence-corrected chi connectivity index (χ1v) is 7.71. The smallest absolute Gasteiger partial charge is 0.241 e. The summed E-state index contributed by atoms with van der Waals surface area (Å²) in [5.41, 5.74) is 1.15. The molecule has 6 heteroatoms. The molecule has 1 N–H and O–H groups in total. The van der Waals surface area contributed by atoms with Crippen LogP contribution in [0, 0.1) is 0 Å². The number of thiophene rings is 1. The lowest BCUT2D eigenvalue weighted by Gasteiger charge is -2.11. The van der Waals surface area contributed by atoms with Gasteiger partial charge in [0, 0.05) is 19.0 Å². The molecule has 0 aliphatic rings. The zero-order valence-electron chi connectivity index (χ0n) is 12.4. The number of benzene rings is 1. The standard InChI is InChI=1S/C16H16N4OS/c1-20(2)14(21)9-17-15-12-8-13(11-6-4-3-5-7-11)22-16(12)19-10-18-15/h3-8,10H,9H2,1-2H3,(H,17,18,19). The van der Waals surface area contributed by atoms with Gasteiger partial charge in [0.1, 0.15) is 17.0 Å². The van der Waals surface area contributed by atoms with Crippen LogP contribution in [-0.4, -0.2) is 41.4 Å². The van der Waals surface area contributed by atoms with Crippen LogP contribution in [0.25, 0.3) is 20.7 Å². The van der Waals surface area contributed by atoms with Crippen LogP contribution in [0.5, 0.6) is 0 Å². The van der Waals surface area contributed by atoms with Crippen molar-refractivity contribution in [2.45, 2.75) is 0 Å². The number of nitrogens with one attached hydrogen (secondary N) is 1. The minimum atomic E-state index is 0.00488. The first-order chi connectivity index (χ1) is 10.6. The number of hydrogen-bond donors (Lipinski definition) is 1. The highest BCUT2D eigenvalue weighted by atomic mass is 32.1. The molecular formula is C16H16N4OS. The molecule has 112 valence electrons. The summed E-state index contributed by atoms with van der Waals surface area (Å²) in [4.78, 5) is 23.9. The molecule has 0 aliphatic heterocycles. The number of likely N-dealkylation sites (N-methyl/N-ethyl adjacent to an activating group) is 1. The summed E-state index contributed by atoms with van der Waals surface area (Å²) in [6.45, 7) is 0.218. The molecule has 0 spiro atoms. The lowest BCUT2D eigenvalue weighted by atomic mass is 10.2. The van der Waals surface area contributed by atoms with E-state index in [1.54, 1.807) is 30.3 Å². The van der Waals surface area contributed by atoms with Crippen LogP contribution >= 0.6 is 11.3 Å². The van der Waals surface area contributed by atoms with Gasteiger partial charge < -0.3 is 10.2 Å². The maximum atomic E-state index is 11.7. The summed E-state index contributed by atoms with van der Waals surface area (Å²) in [5.74, 6) is 0.698. The van der Waals surface area contributed by atoms with Crippen molar-refractivity contribution in [3.63, 3.8) is 0 Å². The van der Waals surface area contributed by atoms with Gasteiger partial charge in [-0.15, -0.1) is 11.3 Å². The zero-order valence-corrected chi connectivity index (χ0v) is 13.2. The number of aromatic nitrogens is 2. The quantitative estimate of drug-likeness (QED) is 0.805. The third-order valence-electron chi connectivity index (χ3n) is 3.29. The van der Waals surface area contributed by atoms with Crippen LogP contribution in [0.4, 0.5) is 5.82 Å². The molecule has 0 saturated heterocycles. The number of rotatable bonds is 4. The average molecular weight is 312 g/mol. The van der Waals surface area contributed by atoms with Gasteiger partial charge in [0.05, 0.1) is 11.9 Å². The van der Waals surface area contributed by atoms with Crippen LogP contribution in [0.15, 0.2) is 42.7 Å². The van der Waals surface area contributed by atoms with E-state index < -0.39 is 0 Å². The van der Waals surface area contributed by atoms with Gasteiger partial charge in [-0.25, -0.2) is 9.97 Å². The molecule has 3 rings (SSSR count). The topological polar surface area (TPSA) is 58.1 Å². The average Bonchev–Trinajstić information content (AvgIpc) is 2.98.